The molecule has 2 aliphatic heterocycles. The third kappa shape index (κ3) is 4.35. The molecule has 0 bridgehead atoms. The number of piperidine rings is 1. The Labute approximate surface area is 182 Å². The van der Waals surface area contributed by atoms with Crippen molar-refractivity contribution < 1.29 is 19.1 Å². The summed E-state index contributed by atoms with van der Waals surface area (Å²) in [7, 11) is 2.93. The van der Waals surface area contributed by atoms with Gasteiger partial charge in [0.25, 0.3) is 0 Å². The van der Waals surface area contributed by atoms with Gasteiger partial charge >= 0.3 is 12.0 Å². The summed E-state index contributed by atoms with van der Waals surface area (Å²) in [5, 5.41) is 5.65. The number of methoxy groups -OCH3 is 2. The first-order chi connectivity index (χ1) is 15.1. The van der Waals surface area contributed by atoms with E-state index in [1.165, 1.54) is 26.4 Å². The number of urea groups is 1. The van der Waals surface area contributed by atoms with Crippen molar-refractivity contribution in [2.45, 2.75) is 25.3 Å². The van der Waals surface area contributed by atoms with Gasteiger partial charge in [0.05, 0.1) is 31.5 Å². The van der Waals surface area contributed by atoms with E-state index in [2.05, 4.69) is 27.7 Å². The average Bonchev–Trinajstić information content (AvgIpc) is 2.83. The van der Waals surface area contributed by atoms with Crippen LogP contribution in [0.1, 0.15) is 36.4 Å². The summed E-state index contributed by atoms with van der Waals surface area (Å²) in [6.45, 7) is 2.11. The smallest absolute Gasteiger partial charge is 0.338 e. The highest BCUT2D eigenvalue weighted by Crippen LogP contribution is 2.33. The number of ether oxygens (including phenoxy) is 2. The molecule has 0 radical (unpaired) electrons. The van der Waals surface area contributed by atoms with Gasteiger partial charge < -0.3 is 25.0 Å². The summed E-state index contributed by atoms with van der Waals surface area (Å²) in [6, 6.07) is 14.2. The zero-order valence-corrected chi connectivity index (χ0v) is 17.8. The fraction of sp³-hybridized carbons (Fsp3) is 0.333. The van der Waals surface area contributed by atoms with E-state index in [4.69, 9.17) is 9.47 Å². The van der Waals surface area contributed by atoms with E-state index < -0.39 is 12.0 Å². The van der Waals surface area contributed by atoms with E-state index in [0.29, 0.717) is 22.6 Å². The SMILES string of the molecule is COC(=O)C1=C(c2ccc(OC)cc2)NC(=O)NC1c1ccc(N2CCCCC2)cc1. The Kier molecular flexibility index (Phi) is 6.11. The van der Waals surface area contributed by atoms with Crippen molar-refractivity contribution in [1.82, 2.24) is 10.6 Å². The van der Waals surface area contributed by atoms with Gasteiger partial charge in [-0.05, 0) is 66.8 Å². The second kappa shape index (κ2) is 9.12. The molecule has 1 unspecified atom stereocenters. The van der Waals surface area contributed by atoms with Crippen LogP contribution >= 0.6 is 0 Å². The lowest BCUT2D eigenvalue weighted by atomic mass is 9.92. The van der Waals surface area contributed by atoms with Gasteiger partial charge in [-0.15, -0.1) is 0 Å². The number of nitrogens with one attached hydrogen (secondary N) is 2. The lowest BCUT2D eigenvalue weighted by molar-refractivity contribution is -0.136. The summed E-state index contributed by atoms with van der Waals surface area (Å²) in [4.78, 5) is 27.6. The summed E-state index contributed by atoms with van der Waals surface area (Å²) >= 11 is 0. The van der Waals surface area contributed by atoms with Crippen LogP contribution in [0.15, 0.2) is 54.1 Å². The highest BCUT2D eigenvalue weighted by Gasteiger charge is 2.34. The number of anilines is 1. The van der Waals surface area contributed by atoms with Gasteiger partial charge in [0.2, 0.25) is 0 Å². The summed E-state index contributed by atoms with van der Waals surface area (Å²) < 4.78 is 10.3. The summed E-state index contributed by atoms with van der Waals surface area (Å²) in [5.41, 5.74) is 3.47. The Morgan fingerprint density at radius 2 is 1.65 bits per heavy atom. The number of benzene rings is 2. The van der Waals surface area contributed by atoms with Crippen LogP contribution in [0, 0.1) is 0 Å². The lowest BCUT2D eigenvalue weighted by Crippen LogP contribution is -2.45. The minimum Gasteiger partial charge on any atom is -0.497 e. The van der Waals surface area contributed by atoms with E-state index in [9.17, 15) is 9.59 Å². The minimum absolute atomic E-state index is 0.359. The third-order valence-electron chi connectivity index (χ3n) is 5.80. The van der Waals surface area contributed by atoms with E-state index in [-0.39, 0.29) is 6.03 Å². The van der Waals surface area contributed by atoms with Crippen LogP contribution in [0.5, 0.6) is 5.75 Å². The molecule has 1 atom stereocenters. The number of nitrogens with zero attached hydrogens (tertiary/aromatic N) is 1. The van der Waals surface area contributed by atoms with E-state index in [1.54, 1.807) is 31.4 Å². The van der Waals surface area contributed by atoms with Gasteiger partial charge in [-0.2, -0.15) is 0 Å². The zero-order valence-electron chi connectivity index (χ0n) is 17.8. The molecular weight excluding hydrogens is 394 g/mol. The predicted octanol–water partition coefficient (Wildman–Crippen LogP) is 3.62. The molecule has 0 aliphatic carbocycles. The third-order valence-corrected chi connectivity index (χ3v) is 5.80. The van der Waals surface area contributed by atoms with Gasteiger partial charge in [0, 0.05) is 18.8 Å². The summed E-state index contributed by atoms with van der Waals surface area (Å²) in [5.74, 6) is 0.192. The molecule has 1 saturated heterocycles. The molecule has 7 nitrogen and oxygen atoms in total. The predicted molar refractivity (Wildman–Crippen MR) is 119 cm³/mol. The molecule has 1 fully saturated rings. The number of esters is 1. The van der Waals surface area contributed by atoms with Crippen LogP contribution in [0.25, 0.3) is 5.70 Å². The van der Waals surface area contributed by atoms with Crippen molar-refractivity contribution >= 4 is 23.4 Å². The monoisotopic (exact) mass is 421 g/mol. The number of hydrogen-bond donors (Lipinski definition) is 2. The standard InChI is InChI=1S/C24H27N3O4/c1-30-19-12-8-17(9-13-19)22-20(23(28)31-2)21(25-24(29)26-22)16-6-10-18(11-7-16)27-14-4-3-5-15-27/h6-13,21H,3-5,14-15H2,1-2H3,(H2,25,26,29). The second-order valence-electron chi connectivity index (χ2n) is 7.68. The van der Waals surface area contributed by atoms with Gasteiger partial charge in [-0.3, -0.25) is 0 Å². The fourth-order valence-electron chi connectivity index (χ4n) is 4.16. The first-order valence-electron chi connectivity index (χ1n) is 10.5. The van der Waals surface area contributed by atoms with Crippen LogP contribution < -0.4 is 20.3 Å². The van der Waals surface area contributed by atoms with Crippen LogP contribution in [0.4, 0.5) is 10.5 Å². The van der Waals surface area contributed by atoms with Crippen molar-refractivity contribution in [3.63, 3.8) is 0 Å². The topological polar surface area (TPSA) is 79.9 Å². The van der Waals surface area contributed by atoms with Crippen LogP contribution in [-0.4, -0.2) is 39.3 Å². The number of hydrogen-bond acceptors (Lipinski definition) is 5. The maximum absolute atomic E-state index is 12.8. The number of rotatable bonds is 5. The highest BCUT2D eigenvalue weighted by atomic mass is 16.5. The van der Waals surface area contributed by atoms with Crippen LogP contribution in [-0.2, 0) is 9.53 Å². The molecular formula is C24H27N3O4. The molecule has 2 aromatic carbocycles. The molecule has 7 heteroatoms. The van der Waals surface area contributed by atoms with E-state index in [0.717, 1.165) is 24.3 Å². The number of amides is 2. The molecule has 2 N–H and O–H groups in total. The molecule has 2 amide bonds. The molecule has 2 heterocycles. The first-order valence-corrected chi connectivity index (χ1v) is 10.5. The Morgan fingerprint density at radius 3 is 2.26 bits per heavy atom. The molecule has 0 aromatic heterocycles. The minimum atomic E-state index is -0.617. The van der Waals surface area contributed by atoms with E-state index in [1.807, 2.05) is 12.1 Å². The van der Waals surface area contributed by atoms with Gasteiger partial charge in [-0.25, -0.2) is 9.59 Å². The number of carbonyl (C=O) groups is 2. The molecule has 4 rings (SSSR count). The fourth-order valence-corrected chi connectivity index (χ4v) is 4.16. The molecule has 2 aliphatic rings. The van der Waals surface area contributed by atoms with E-state index >= 15 is 0 Å². The normalized spacial score (nSPS) is 18.8. The maximum Gasteiger partial charge on any atom is 0.338 e. The average molecular weight is 421 g/mol. The quantitative estimate of drug-likeness (QED) is 0.721. The van der Waals surface area contributed by atoms with Crippen molar-refractivity contribution in [3.8, 4) is 5.75 Å². The van der Waals surface area contributed by atoms with Gasteiger partial charge in [-0.1, -0.05) is 12.1 Å². The zero-order chi connectivity index (χ0) is 21.8. The molecule has 2 aromatic rings. The molecule has 0 saturated carbocycles. The van der Waals surface area contributed by atoms with Crippen molar-refractivity contribution in [1.29, 1.82) is 0 Å². The Morgan fingerprint density at radius 1 is 0.968 bits per heavy atom. The first kappa shape index (κ1) is 20.8. The molecule has 0 spiro atoms. The molecule has 31 heavy (non-hydrogen) atoms. The largest absolute Gasteiger partial charge is 0.497 e. The maximum atomic E-state index is 12.8. The Bertz CT molecular complexity index is 977. The Hall–Kier alpha value is -3.48. The lowest BCUT2D eigenvalue weighted by Gasteiger charge is -2.31. The highest BCUT2D eigenvalue weighted by molar-refractivity contribution is 6.04. The van der Waals surface area contributed by atoms with Crippen LogP contribution in [0.2, 0.25) is 0 Å². The van der Waals surface area contributed by atoms with Crippen molar-refractivity contribution in [3.05, 3.63) is 65.2 Å². The second-order valence-corrected chi connectivity index (χ2v) is 7.68. The van der Waals surface area contributed by atoms with Gasteiger partial charge in [0.15, 0.2) is 0 Å². The molecule has 162 valence electrons. The Balaban J connectivity index is 1.72. The van der Waals surface area contributed by atoms with Crippen LogP contribution in [0.3, 0.4) is 0 Å². The van der Waals surface area contributed by atoms with Gasteiger partial charge in [0.1, 0.15) is 5.75 Å². The van der Waals surface area contributed by atoms with Crippen molar-refractivity contribution in [2.75, 3.05) is 32.2 Å². The summed E-state index contributed by atoms with van der Waals surface area (Å²) in [6.07, 6.45) is 3.68. The van der Waals surface area contributed by atoms with Crippen molar-refractivity contribution in [2.24, 2.45) is 0 Å². The number of carbonyl (C=O) groups excluding carboxylic acids is 2.